The minimum atomic E-state index is 0.0601. The second-order valence-electron chi connectivity index (χ2n) is 8.53. The lowest BCUT2D eigenvalue weighted by atomic mass is 10.1. The summed E-state index contributed by atoms with van der Waals surface area (Å²) in [6, 6.07) is 15.4. The van der Waals surface area contributed by atoms with Gasteiger partial charge >= 0.3 is 0 Å². The summed E-state index contributed by atoms with van der Waals surface area (Å²) in [7, 11) is 3.27. The average molecular weight is 473 g/mol. The van der Waals surface area contributed by atoms with Gasteiger partial charge in [0, 0.05) is 38.9 Å². The van der Waals surface area contributed by atoms with Crippen LogP contribution < -0.4 is 9.64 Å². The molecule has 1 saturated heterocycles. The molecule has 1 aliphatic rings. The predicted octanol–water partition coefficient (Wildman–Crippen LogP) is 3.24. The van der Waals surface area contributed by atoms with Gasteiger partial charge in [-0.05, 0) is 43.3 Å². The zero-order valence-electron chi connectivity index (χ0n) is 20.1. The highest BCUT2D eigenvalue weighted by Gasteiger charge is 2.25. The lowest BCUT2D eigenvalue weighted by Gasteiger charge is -2.35. The molecule has 0 unspecified atom stereocenters. The van der Waals surface area contributed by atoms with Gasteiger partial charge in [-0.15, -0.1) is 0 Å². The largest absolute Gasteiger partial charge is 0.497 e. The zero-order valence-corrected chi connectivity index (χ0v) is 20.1. The minimum absolute atomic E-state index is 0.0601. The standard InChI is InChI=1S/C26H28N6O3/c1-18-4-6-19(7-5-18)26(33)31-14-12-30(13-15-31)24-22-16-27-32(20-8-10-21(35-3)11-9-20)25(22)29-23(28-24)17-34-2/h4-11,16H,12-15,17H2,1-3H3. The summed E-state index contributed by atoms with van der Waals surface area (Å²) < 4.78 is 12.4. The molecule has 0 atom stereocenters. The number of aromatic nitrogens is 4. The Kier molecular flexibility index (Phi) is 6.33. The first-order chi connectivity index (χ1) is 17.1. The van der Waals surface area contributed by atoms with E-state index in [1.807, 2.05) is 60.4 Å². The van der Waals surface area contributed by atoms with Gasteiger partial charge in [-0.1, -0.05) is 17.7 Å². The third-order valence-corrected chi connectivity index (χ3v) is 6.21. The van der Waals surface area contributed by atoms with Crippen LogP contribution in [0.2, 0.25) is 0 Å². The summed E-state index contributed by atoms with van der Waals surface area (Å²) in [5.41, 5.74) is 3.45. The molecule has 1 fully saturated rings. The van der Waals surface area contributed by atoms with Gasteiger partial charge in [0.1, 0.15) is 18.2 Å². The van der Waals surface area contributed by atoms with Crippen molar-refractivity contribution in [3.05, 3.63) is 71.7 Å². The summed E-state index contributed by atoms with van der Waals surface area (Å²) in [5, 5.41) is 5.47. The normalized spacial score (nSPS) is 13.9. The molecule has 5 rings (SSSR count). The molecule has 1 amide bonds. The van der Waals surface area contributed by atoms with E-state index in [-0.39, 0.29) is 5.91 Å². The maximum atomic E-state index is 13.0. The summed E-state index contributed by atoms with van der Waals surface area (Å²) in [6.07, 6.45) is 1.80. The molecule has 35 heavy (non-hydrogen) atoms. The molecule has 9 nitrogen and oxygen atoms in total. The number of aryl methyl sites for hydroxylation is 1. The number of benzene rings is 2. The quantitative estimate of drug-likeness (QED) is 0.426. The van der Waals surface area contributed by atoms with Crippen molar-refractivity contribution in [3.63, 3.8) is 0 Å². The van der Waals surface area contributed by atoms with Crippen LogP contribution in [0.15, 0.2) is 54.7 Å². The number of amides is 1. The number of carbonyl (C=O) groups excluding carboxylic acids is 1. The number of rotatable bonds is 6. The predicted molar refractivity (Wildman–Crippen MR) is 133 cm³/mol. The topological polar surface area (TPSA) is 85.6 Å². The van der Waals surface area contributed by atoms with Crippen LogP contribution >= 0.6 is 0 Å². The smallest absolute Gasteiger partial charge is 0.253 e. The van der Waals surface area contributed by atoms with Crippen LogP contribution in [-0.4, -0.2) is 71.0 Å². The second kappa shape index (κ2) is 9.71. The molecule has 1 aliphatic heterocycles. The van der Waals surface area contributed by atoms with E-state index in [1.165, 1.54) is 0 Å². The Morgan fingerprint density at radius 2 is 1.66 bits per heavy atom. The van der Waals surface area contributed by atoms with Crippen molar-refractivity contribution in [2.24, 2.45) is 0 Å². The minimum Gasteiger partial charge on any atom is -0.497 e. The van der Waals surface area contributed by atoms with Gasteiger partial charge in [-0.3, -0.25) is 4.79 Å². The Labute approximate surface area is 203 Å². The molecule has 4 aromatic rings. The highest BCUT2D eigenvalue weighted by molar-refractivity contribution is 5.94. The van der Waals surface area contributed by atoms with Crippen molar-refractivity contribution in [1.29, 1.82) is 0 Å². The maximum Gasteiger partial charge on any atom is 0.253 e. The van der Waals surface area contributed by atoms with Crippen molar-refractivity contribution in [2.75, 3.05) is 45.3 Å². The zero-order chi connectivity index (χ0) is 24.4. The number of ether oxygens (including phenoxy) is 2. The molecule has 3 heterocycles. The average Bonchev–Trinajstić information content (AvgIpc) is 3.32. The first kappa shape index (κ1) is 22.8. The fourth-order valence-corrected chi connectivity index (χ4v) is 4.28. The Bertz CT molecular complexity index is 1330. The SMILES string of the molecule is COCc1nc(N2CCN(C(=O)c3ccc(C)cc3)CC2)c2cnn(-c3ccc(OC)cc3)c2n1. The van der Waals surface area contributed by atoms with Gasteiger partial charge in [-0.2, -0.15) is 5.10 Å². The fourth-order valence-electron chi connectivity index (χ4n) is 4.28. The second-order valence-corrected chi connectivity index (χ2v) is 8.53. The molecule has 9 heteroatoms. The molecule has 2 aromatic carbocycles. The van der Waals surface area contributed by atoms with Crippen LogP contribution in [0.1, 0.15) is 21.7 Å². The van der Waals surface area contributed by atoms with Crippen molar-refractivity contribution in [3.8, 4) is 11.4 Å². The van der Waals surface area contributed by atoms with E-state index in [9.17, 15) is 4.79 Å². The molecule has 2 aromatic heterocycles. The number of hydrogen-bond acceptors (Lipinski definition) is 7. The van der Waals surface area contributed by atoms with Gasteiger partial charge in [0.05, 0.1) is 24.4 Å². The van der Waals surface area contributed by atoms with E-state index in [0.29, 0.717) is 44.3 Å². The number of nitrogens with zero attached hydrogens (tertiary/aromatic N) is 6. The van der Waals surface area contributed by atoms with Crippen LogP contribution in [0.5, 0.6) is 5.75 Å². The van der Waals surface area contributed by atoms with E-state index in [4.69, 9.17) is 19.4 Å². The molecule has 180 valence electrons. The van der Waals surface area contributed by atoms with E-state index >= 15 is 0 Å². The van der Waals surface area contributed by atoms with Crippen LogP contribution in [0, 0.1) is 6.92 Å². The van der Waals surface area contributed by atoms with Gasteiger partial charge in [0.15, 0.2) is 11.5 Å². The van der Waals surface area contributed by atoms with E-state index in [2.05, 4.69) is 10.00 Å². The lowest BCUT2D eigenvalue weighted by Crippen LogP contribution is -2.49. The molecule has 0 spiro atoms. The number of piperazine rings is 1. The van der Waals surface area contributed by atoms with Crippen molar-refractivity contribution in [2.45, 2.75) is 13.5 Å². The molecule has 0 aliphatic carbocycles. The molecule has 0 saturated carbocycles. The van der Waals surface area contributed by atoms with Crippen molar-refractivity contribution in [1.82, 2.24) is 24.6 Å². The molecule has 0 bridgehead atoms. The van der Waals surface area contributed by atoms with Crippen LogP contribution in [0.3, 0.4) is 0 Å². The molecule has 0 radical (unpaired) electrons. The number of methoxy groups -OCH3 is 2. The Hall–Kier alpha value is -3.98. The summed E-state index contributed by atoms with van der Waals surface area (Å²) >= 11 is 0. The van der Waals surface area contributed by atoms with Gasteiger partial charge < -0.3 is 19.3 Å². The number of carbonyl (C=O) groups is 1. The Morgan fingerprint density at radius 1 is 0.943 bits per heavy atom. The summed E-state index contributed by atoms with van der Waals surface area (Å²) in [5.74, 6) is 2.23. The molecular weight excluding hydrogens is 444 g/mol. The Morgan fingerprint density at radius 3 is 2.31 bits per heavy atom. The van der Waals surface area contributed by atoms with Crippen LogP contribution in [0.4, 0.5) is 5.82 Å². The van der Waals surface area contributed by atoms with Crippen molar-refractivity contribution >= 4 is 22.8 Å². The maximum absolute atomic E-state index is 13.0. The van der Waals surface area contributed by atoms with E-state index in [1.54, 1.807) is 25.1 Å². The first-order valence-corrected chi connectivity index (χ1v) is 11.6. The van der Waals surface area contributed by atoms with Crippen LogP contribution in [0.25, 0.3) is 16.7 Å². The first-order valence-electron chi connectivity index (χ1n) is 11.6. The van der Waals surface area contributed by atoms with Gasteiger partial charge in [0.2, 0.25) is 0 Å². The number of fused-ring (bicyclic) bond motifs is 1. The summed E-state index contributed by atoms with van der Waals surface area (Å²) in [6.45, 7) is 4.88. The van der Waals surface area contributed by atoms with E-state index in [0.717, 1.165) is 33.8 Å². The van der Waals surface area contributed by atoms with Gasteiger partial charge in [-0.25, -0.2) is 14.6 Å². The Balaban J connectivity index is 1.42. The van der Waals surface area contributed by atoms with Crippen LogP contribution in [-0.2, 0) is 11.3 Å². The lowest BCUT2D eigenvalue weighted by molar-refractivity contribution is 0.0746. The highest BCUT2D eigenvalue weighted by Crippen LogP contribution is 2.27. The van der Waals surface area contributed by atoms with Crippen molar-refractivity contribution < 1.29 is 14.3 Å². The molecular formula is C26H28N6O3. The van der Waals surface area contributed by atoms with E-state index < -0.39 is 0 Å². The highest BCUT2D eigenvalue weighted by atomic mass is 16.5. The molecule has 0 N–H and O–H groups in total. The monoisotopic (exact) mass is 472 g/mol. The number of hydrogen-bond donors (Lipinski definition) is 0. The fraction of sp³-hybridized carbons (Fsp3) is 0.308. The number of anilines is 1. The van der Waals surface area contributed by atoms with Gasteiger partial charge in [0.25, 0.3) is 5.91 Å². The third-order valence-electron chi connectivity index (χ3n) is 6.21. The third kappa shape index (κ3) is 4.54. The summed E-state index contributed by atoms with van der Waals surface area (Å²) in [4.78, 5) is 26.6.